The second kappa shape index (κ2) is 9.33. The number of aromatic amines is 1. The minimum atomic E-state index is -0.923. The van der Waals surface area contributed by atoms with E-state index in [-0.39, 0.29) is 22.3 Å². The van der Waals surface area contributed by atoms with Crippen LogP contribution in [0.5, 0.6) is 0 Å². The monoisotopic (exact) mass is 531 g/mol. The van der Waals surface area contributed by atoms with Gasteiger partial charge in [-0.3, -0.25) is 4.79 Å². The smallest absolute Gasteiger partial charge is 0.335 e. The number of aromatic carboxylic acids is 1. The molecule has 0 radical (unpaired) electrons. The molecule has 0 unspecified atom stereocenters. The molecule has 0 saturated heterocycles. The van der Waals surface area contributed by atoms with Gasteiger partial charge < -0.3 is 15.0 Å². The highest BCUT2D eigenvalue weighted by molar-refractivity contribution is 6.01. The number of aryl methyl sites for hydroxylation is 1. The maximum atomic E-state index is 14.0. The van der Waals surface area contributed by atoms with Gasteiger partial charge in [-0.15, -0.1) is 0 Å². The maximum Gasteiger partial charge on any atom is 0.335 e. The molecule has 6 rings (SSSR count). The van der Waals surface area contributed by atoms with Gasteiger partial charge in [0, 0.05) is 29.5 Å². The average Bonchev–Trinajstić information content (AvgIpc) is 3.38. The van der Waals surface area contributed by atoms with Crippen LogP contribution in [-0.4, -0.2) is 44.9 Å². The van der Waals surface area contributed by atoms with Crippen LogP contribution in [0.25, 0.3) is 28.0 Å². The van der Waals surface area contributed by atoms with Crippen LogP contribution in [0.3, 0.4) is 0 Å². The summed E-state index contributed by atoms with van der Waals surface area (Å²) in [5.41, 5.74) is 7.80. The number of nitrogens with zero attached hydrogens (tertiary/aromatic N) is 2. The van der Waals surface area contributed by atoms with Gasteiger partial charge in [0.15, 0.2) is 0 Å². The summed E-state index contributed by atoms with van der Waals surface area (Å²) in [6, 6.07) is 20.9. The number of benzene rings is 3. The van der Waals surface area contributed by atoms with Gasteiger partial charge in [-0.2, -0.15) is 0 Å². The summed E-state index contributed by atoms with van der Waals surface area (Å²) >= 11 is 0. The van der Waals surface area contributed by atoms with E-state index in [1.54, 1.807) is 12.1 Å². The molecule has 2 N–H and O–H groups in total. The highest BCUT2D eigenvalue weighted by Crippen LogP contribution is 2.55. The molecule has 202 valence electrons. The summed E-state index contributed by atoms with van der Waals surface area (Å²) in [6.45, 7) is 9.89. The Morgan fingerprint density at radius 2 is 1.70 bits per heavy atom. The first-order valence-electron chi connectivity index (χ1n) is 13.7. The number of carbonyl (C=O) groups excluding carboxylic acids is 1. The van der Waals surface area contributed by atoms with E-state index in [9.17, 15) is 14.7 Å². The molecule has 40 heavy (non-hydrogen) atoms. The van der Waals surface area contributed by atoms with Crippen LogP contribution in [0.2, 0.25) is 0 Å². The van der Waals surface area contributed by atoms with E-state index < -0.39 is 5.97 Å². The zero-order chi connectivity index (χ0) is 28.2. The van der Waals surface area contributed by atoms with Crippen LogP contribution in [0.15, 0.2) is 84.5 Å². The number of hydrogen-bond donors (Lipinski definition) is 2. The van der Waals surface area contributed by atoms with Crippen molar-refractivity contribution in [2.24, 2.45) is 10.8 Å². The number of rotatable bonds is 4. The third-order valence-corrected chi connectivity index (χ3v) is 8.67. The number of imidazole rings is 1. The van der Waals surface area contributed by atoms with E-state index in [0.717, 1.165) is 34.1 Å². The van der Waals surface area contributed by atoms with Crippen LogP contribution >= 0.6 is 0 Å². The molecule has 2 aliphatic rings. The molecule has 2 heterocycles. The minimum Gasteiger partial charge on any atom is -0.478 e. The number of aromatic nitrogens is 2. The first kappa shape index (κ1) is 25.8. The minimum absolute atomic E-state index is 0.00106. The third-order valence-electron chi connectivity index (χ3n) is 8.67. The molecule has 1 amide bonds. The Morgan fingerprint density at radius 3 is 2.42 bits per heavy atom. The average molecular weight is 532 g/mol. The van der Waals surface area contributed by atoms with Gasteiger partial charge >= 0.3 is 5.97 Å². The molecule has 4 aromatic rings. The van der Waals surface area contributed by atoms with E-state index in [4.69, 9.17) is 4.98 Å². The molecule has 1 aliphatic heterocycles. The van der Waals surface area contributed by atoms with Gasteiger partial charge in [0.05, 0.1) is 22.2 Å². The lowest BCUT2D eigenvalue weighted by Crippen LogP contribution is -2.48. The standard InChI is InChI=1S/C34H33N3O3/c1-21-8-7-11-27-29(21)36-30(35-27)24-9-5-6-10-25(24)31(38)37-19-17-28-33(2,3)26(16-18-34(28,4)20-37)22-12-14-23(15-13-22)32(39)40/h5-17H,18-20H2,1-4H3,(H,35,36)(H,39,40)/t34-/m1/s1. The second-order valence-corrected chi connectivity index (χ2v) is 11.8. The lowest BCUT2D eigenvalue weighted by Gasteiger charge is -2.50. The lowest BCUT2D eigenvalue weighted by molar-refractivity contribution is 0.0679. The Hall–Kier alpha value is -4.45. The molecule has 6 nitrogen and oxygen atoms in total. The zero-order valence-electron chi connectivity index (χ0n) is 23.3. The van der Waals surface area contributed by atoms with Crippen molar-refractivity contribution in [2.45, 2.75) is 34.1 Å². The largest absolute Gasteiger partial charge is 0.478 e. The van der Waals surface area contributed by atoms with Crippen molar-refractivity contribution in [2.75, 3.05) is 13.1 Å². The number of amides is 1. The van der Waals surface area contributed by atoms with Crippen molar-refractivity contribution in [3.63, 3.8) is 0 Å². The van der Waals surface area contributed by atoms with Crippen LogP contribution in [0.1, 0.15) is 59.0 Å². The molecular weight excluding hydrogens is 498 g/mol. The topological polar surface area (TPSA) is 86.3 Å². The summed E-state index contributed by atoms with van der Waals surface area (Å²) in [7, 11) is 0. The Balaban J connectivity index is 1.30. The van der Waals surface area contributed by atoms with Crippen LogP contribution < -0.4 is 0 Å². The molecule has 6 heteroatoms. The number of allylic oxidation sites excluding steroid dienone is 2. The van der Waals surface area contributed by atoms with E-state index >= 15 is 0 Å². The summed E-state index contributed by atoms with van der Waals surface area (Å²) in [4.78, 5) is 35.6. The Labute approximate surface area is 234 Å². The molecule has 0 spiro atoms. The zero-order valence-corrected chi connectivity index (χ0v) is 23.3. The van der Waals surface area contributed by atoms with Gasteiger partial charge in [-0.05, 0) is 54.3 Å². The predicted octanol–water partition coefficient (Wildman–Crippen LogP) is 7.14. The van der Waals surface area contributed by atoms with E-state index in [2.05, 4.69) is 37.9 Å². The Morgan fingerprint density at radius 1 is 0.950 bits per heavy atom. The van der Waals surface area contributed by atoms with Gasteiger partial charge in [0.1, 0.15) is 5.82 Å². The fourth-order valence-electron chi connectivity index (χ4n) is 6.71. The van der Waals surface area contributed by atoms with Crippen molar-refractivity contribution in [3.8, 4) is 11.4 Å². The molecule has 1 aromatic heterocycles. The molecule has 0 saturated carbocycles. The molecule has 1 aliphatic carbocycles. The maximum absolute atomic E-state index is 14.0. The Kier molecular flexibility index (Phi) is 6.02. The number of carboxylic acid groups (broad SMARTS) is 1. The van der Waals surface area contributed by atoms with Gasteiger partial charge in [0.25, 0.3) is 5.91 Å². The fourth-order valence-corrected chi connectivity index (χ4v) is 6.71. The molecule has 1 atom stereocenters. The molecule has 0 bridgehead atoms. The number of carboxylic acids is 1. The number of carbonyl (C=O) groups is 2. The van der Waals surface area contributed by atoms with Crippen LogP contribution in [0, 0.1) is 17.8 Å². The fraction of sp³-hybridized carbons (Fsp3) is 0.265. The van der Waals surface area contributed by atoms with Gasteiger partial charge in [-0.25, -0.2) is 9.78 Å². The number of H-pyrrole nitrogens is 1. The normalized spacial score (nSPS) is 20.1. The van der Waals surface area contributed by atoms with E-state index in [1.165, 1.54) is 11.1 Å². The van der Waals surface area contributed by atoms with E-state index in [0.29, 0.717) is 24.5 Å². The third kappa shape index (κ3) is 4.15. The quantitative estimate of drug-likeness (QED) is 0.274. The van der Waals surface area contributed by atoms with Crippen molar-refractivity contribution >= 4 is 28.5 Å². The first-order valence-corrected chi connectivity index (χ1v) is 13.7. The Bertz CT molecular complexity index is 1720. The van der Waals surface area contributed by atoms with Crippen molar-refractivity contribution < 1.29 is 14.7 Å². The first-order chi connectivity index (χ1) is 19.1. The highest BCUT2D eigenvalue weighted by Gasteiger charge is 2.46. The highest BCUT2D eigenvalue weighted by atomic mass is 16.4. The second-order valence-electron chi connectivity index (χ2n) is 11.8. The molecule has 0 fully saturated rings. The molecular formula is C34H33N3O3. The van der Waals surface area contributed by atoms with Gasteiger partial charge in [-0.1, -0.05) is 81.0 Å². The van der Waals surface area contributed by atoms with Crippen molar-refractivity contribution in [3.05, 3.63) is 107 Å². The summed E-state index contributed by atoms with van der Waals surface area (Å²) in [6.07, 6.45) is 5.30. The molecule has 3 aromatic carbocycles. The summed E-state index contributed by atoms with van der Waals surface area (Å²) < 4.78 is 0. The van der Waals surface area contributed by atoms with Crippen molar-refractivity contribution in [1.29, 1.82) is 0 Å². The van der Waals surface area contributed by atoms with Crippen LogP contribution in [-0.2, 0) is 0 Å². The van der Waals surface area contributed by atoms with Crippen LogP contribution in [0.4, 0.5) is 0 Å². The SMILES string of the molecule is Cc1cccc2[nH]c(-c3ccccc3C(=O)N3CC=C4C(C)(C)C(c5ccc(C(=O)O)cc5)=CC[C@]4(C)C3)nc12. The van der Waals surface area contributed by atoms with Gasteiger partial charge in [0.2, 0.25) is 0 Å². The summed E-state index contributed by atoms with van der Waals surface area (Å²) in [5, 5.41) is 9.29. The van der Waals surface area contributed by atoms with E-state index in [1.807, 2.05) is 66.4 Å². The number of para-hydroxylation sites is 1. The lowest BCUT2D eigenvalue weighted by atomic mass is 9.58. The number of nitrogens with one attached hydrogen (secondary N) is 1. The van der Waals surface area contributed by atoms with Crippen molar-refractivity contribution in [1.82, 2.24) is 14.9 Å². The predicted molar refractivity (Wildman–Crippen MR) is 158 cm³/mol. The number of hydrogen-bond acceptors (Lipinski definition) is 3. The summed E-state index contributed by atoms with van der Waals surface area (Å²) in [5.74, 6) is -0.220. The number of fused-ring (bicyclic) bond motifs is 2.